The molecule has 4 aromatic rings. The van der Waals surface area contributed by atoms with Crippen LogP contribution >= 0.6 is 0 Å². The quantitative estimate of drug-likeness (QED) is 0.264. The van der Waals surface area contributed by atoms with E-state index in [1.54, 1.807) is 108 Å². The van der Waals surface area contributed by atoms with Crippen LogP contribution in [0.25, 0.3) is 22.8 Å². The summed E-state index contributed by atoms with van der Waals surface area (Å²) in [5.41, 5.74) is 0.882. The van der Waals surface area contributed by atoms with E-state index in [0.717, 1.165) is 22.8 Å². The Bertz CT molecular complexity index is 1360. The van der Waals surface area contributed by atoms with Gasteiger partial charge in [0.2, 0.25) is 0 Å². The van der Waals surface area contributed by atoms with E-state index in [0.29, 0.717) is 0 Å². The standard InChI is InChI=1S/2C10H8N2.4C5H10O2.2Ni.H2O/c2*1-3-7-11-9(5-1)10-6-2-4-8-12-10;4*1-5(2,3)4(6)7;;;/h2*1-8H;4*1-3H3,(H,6,7);;;1H2/q;;;;;;2*+2;/p-4. The van der Waals surface area contributed by atoms with Crippen LogP contribution in [0.1, 0.15) is 83.1 Å². The summed E-state index contributed by atoms with van der Waals surface area (Å²) in [5, 5.41) is 39.6. The van der Waals surface area contributed by atoms with Crippen LogP contribution in [0.4, 0.5) is 0 Å². The molecule has 0 amide bonds. The molecule has 0 saturated heterocycles. The minimum Gasteiger partial charge on any atom is -0.550 e. The third kappa shape index (κ3) is 31.5. The molecule has 0 aliphatic heterocycles. The fourth-order valence-electron chi connectivity index (χ4n) is 2.06. The smallest absolute Gasteiger partial charge is 0.550 e. The molecule has 13 nitrogen and oxygen atoms in total. The summed E-state index contributed by atoms with van der Waals surface area (Å²) in [6.07, 6.45) is 7.07. The minimum atomic E-state index is -1.01. The van der Waals surface area contributed by atoms with Crippen LogP contribution in [0.5, 0.6) is 0 Å². The van der Waals surface area contributed by atoms with Gasteiger partial charge < -0.3 is 45.1 Å². The van der Waals surface area contributed by atoms with Crippen LogP contribution in [0.2, 0.25) is 0 Å². The second kappa shape index (κ2) is 28.8. The molecule has 0 spiro atoms. The first-order chi connectivity index (χ1) is 23.7. The van der Waals surface area contributed by atoms with E-state index >= 15 is 0 Å². The minimum absolute atomic E-state index is 0. The molecule has 4 aromatic heterocycles. The molecule has 0 aliphatic rings. The molecule has 308 valence electrons. The van der Waals surface area contributed by atoms with Crippen molar-refractivity contribution in [2.45, 2.75) is 83.1 Å². The molecule has 0 saturated carbocycles. The Hall–Kier alpha value is -4.57. The zero-order chi connectivity index (χ0) is 40.8. The zero-order valence-electron chi connectivity index (χ0n) is 33.4. The van der Waals surface area contributed by atoms with Gasteiger partial charge in [0, 0.05) is 70.3 Å². The third-order valence-corrected chi connectivity index (χ3v) is 5.63. The Balaban J connectivity index is -0.000000184. The molecule has 15 heteroatoms. The molecule has 0 radical (unpaired) electrons. The number of nitrogens with zero attached hydrogens (tertiary/aromatic N) is 4. The summed E-state index contributed by atoms with van der Waals surface area (Å²) >= 11 is 0. The average molecular weight is 852 g/mol. The maximum Gasteiger partial charge on any atom is 2.00 e. The normalized spacial score (nSPS) is 9.96. The van der Waals surface area contributed by atoms with Crippen LogP contribution in [0.15, 0.2) is 97.6 Å². The van der Waals surface area contributed by atoms with Crippen molar-refractivity contribution in [3.63, 3.8) is 0 Å². The third-order valence-electron chi connectivity index (χ3n) is 5.63. The van der Waals surface area contributed by atoms with E-state index in [1.165, 1.54) is 0 Å². The molecule has 0 atom stereocenters. The molecule has 0 unspecified atom stereocenters. The van der Waals surface area contributed by atoms with Gasteiger partial charge in [0.1, 0.15) is 0 Å². The average Bonchev–Trinajstić information content (AvgIpc) is 3.06. The van der Waals surface area contributed by atoms with Crippen molar-refractivity contribution in [3.8, 4) is 22.8 Å². The number of carbonyl (C=O) groups is 4. The monoisotopic (exact) mass is 850 g/mol. The van der Waals surface area contributed by atoms with E-state index in [2.05, 4.69) is 19.9 Å². The Kier molecular flexibility index (Phi) is 31.3. The summed E-state index contributed by atoms with van der Waals surface area (Å²) in [6.45, 7) is 19.2. The van der Waals surface area contributed by atoms with E-state index in [9.17, 15) is 39.6 Å². The number of carboxylic acid groups (broad SMARTS) is 4. The number of rotatable bonds is 2. The van der Waals surface area contributed by atoms with Crippen LogP contribution in [0.3, 0.4) is 0 Å². The van der Waals surface area contributed by atoms with Crippen LogP contribution in [-0.4, -0.2) is 49.3 Å². The van der Waals surface area contributed by atoms with Gasteiger partial charge in [-0.3, -0.25) is 19.9 Å². The molecule has 0 bridgehead atoms. The molecule has 0 aromatic carbocycles. The summed E-state index contributed by atoms with van der Waals surface area (Å²) in [6, 6.07) is 23.2. The second-order valence-electron chi connectivity index (χ2n) is 15.0. The Morgan fingerprint density at radius 2 is 0.491 bits per heavy atom. The summed E-state index contributed by atoms with van der Waals surface area (Å²) < 4.78 is 0. The van der Waals surface area contributed by atoms with Gasteiger partial charge in [-0.2, -0.15) is 0 Å². The fourth-order valence-corrected chi connectivity index (χ4v) is 2.06. The van der Waals surface area contributed by atoms with Gasteiger partial charge in [0.25, 0.3) is 0 Å². The first-order valence-electron chi connectivity index (χ1n) is 16.2. The summed E-state index contributed by atoms with van der Waals surface area (Å²) in [5.74, 6) is -4.03. The van der Waals surface area contributed by atoms with Crippen LogP contribution in [-0.2, 0) is 52.2 Å². The maximum atomic E-state index is 9.91. The van der Waals surface area contributed by atoms with Crippen molar-refractivity contribution in [2.24, 2.45) is 21.7 Å². The molecular formula is C40H54N4Ni2O9. The second-order valence-corrected chi connectivity index (χ2v) is 15.0. The SMILES string of the molecule is CC(C)(C)C(=O)[O-].CC(C)(C)C(=O)[O-].CC(C)(C)C(=O)[O-].CC(C)(C)C(=O)[O-].O.[Ni+2].[Ni+2].c1ccc(-c2ccccn2)nc1.c1ccc(-c2ccccn2)nc1. The van der Waals surface area contributed by atoms with Gasteiger partial charge in [-0.15, -0.1) is 0 Å². The van der Waals surface area contributed by atoms with Gasteiger partial charge in [0.05, 0.1) is 22.8 Å². The van der Waals surface area contributed by atoms with Gasteiger partial charge in [-0.05, 0) is 48.5 Å². The Morgan fingerprint density at radius 1 is 0.364 bits per heavy atom. The van der Waals surface area contributed by atoms with E-state index in [-0.39, 0.29) is 38.5 Å². The number of aromatic nitrogens is 4. The Labute approximate surface area is 345 Å². The van der Waals surface area contributed by atoms with E-state index in [4.69, 9.17) is 0 Å². The molecule has 55 heavy (non-hydrogen) atoms. The van der Waals surface area contributed by atoms with Crippen molar-refractivity contribution in [2.75, 3.05) is 0 Å². The number of pyridine rings is 4. The van der Waals surface area contributed by atoms with Crippen molar-refractivity contribution in [3.05, 3.63) is 97.6 Å². The van der Waals surface area contributed by atoms with Crippen molar-refractivity contribution in [1.29, 1.82) is 0 Å². The predicted octanol–water partition coefficient (Wildman–Crippen LogP) is 2.59. The van der Waals surface area contributed by atoms with Crippen molar-refractivity contribution < 1.29 is 78.1 Å². The molecule has 2 N–H and O–H groups in total. The summed E-state index contributed by atoms with van der Waals surface area (Å²) in [7, 11) is 0. The topological polar surface area (TPSA) is 244 Å². The zero-order valence-corrected chi connectivity index (χ0v) is 35.4. The van der Waals surface area contributed by atoms with Crippen molar-refractivity contribution >= 4 is 23.9 Å². The number of hydrogen-bond donors (Lipinski definition) is 0. The molecule has 0 fully saturated rings. The molecule has 0 aliphatic carbocycles. The predicted molar refractivity (Wildman–Crippen MR) is 196 cm³/mol. The fraction of sp³-hybridized carbons (Fsp3) is 0.400. The van der Waals surface area contributed by atoms with Gasteiger partial charge >= 0.3 is 33.0 Å². The number of carbonyl (C=O) groups excluding carboxylic acids is 4. The maximum absolute atomic E-state index is 9.91. The van der Waals surface area contributed by atoms with Crippen LogP contribution in [0, 0.1) is 21.7 Å². The van der Waals surface area contributed by atoms with Gasteiger partial charge in [-0.1, -0.05) is 107 Å². The van der Waals surface area contributed by atoms with Crippen molar-refractivity contribution in [1.82, 2.24) is 19.9 Å². The molecular weight excluding hydrogens is 798 g/mol. The number of hydrogen-bond acceptors (Lipinski definition) is 12. The largest absolute Gasteiger partial charge is 2.00 e. The van der Waals surface area contributed by atoms with Gasteiger partial charge in [0.15, 0.2) is 0 Å². The Morgan fingerprint density at radius 3 is 0.564 bits per heavy atom. The first-order valence-corrected chi connectivity index (χ1v) is 16.2. The number of carboxylic acids is 4. The summed E-state index contributed by atoms with van der Waals surface area (Å²) in [4.78, 5) is 56.4. The first kappa shape index (κ1) is 59.7. The van der Waals surface area contributed by atoms with Gasteiger partial charge in [-0.25, -0.2) is 0 Å². The molecule has 4 rings (SSSR count). The van der Waals surface area contributed by atoms with Crippen LogP contribution < -0.4 is 20.4 Å². The molecule has 4 heterocycles. The van der Waals surface area contributed by atoms with E-state index < -0.39 is 45.5 Å². The van der Waals surface area contributed by atoms with E-state index in [1.807, 2.05) is 72.8 Å². The number of aliphatic carboxylic acids is 4.